The van der Waals surface area contributed by atoms with Crippen LogP contribution in [-0.4, -0.2) is 35.9 Å². The van der Waals surface area contributed by atoms with Crippen LogP contribution in [0.2, 0.25) is 0 Å². The monoisotopic (exact) mass is 309 g/mol. The lowest BCUT2D eigenvalue weighted by Crippen LogP contribution is -2.21. The molecule has 1 aromatic rings. The van der Waals surface area contributed by atoms with E-state index >= 15 is 0 Å². The summed E-state index contributed by atoms with van der Waals surface area (Å²) in [4.78, 5) is 23.7. The summed E-state index contributed by atoms with van der Waals surface area (Å²) in [5, 5.41) is 8.81. The quantitative estimate of drug-likeness (QED) is 0.176. The molecule has 0 aliphatic heterocycles. The fraction of sp³-hybridized carbons (Fsp3) is 0.167. The van der Waals surface area contributed by atoms with Gasteiger partial charge in [0.15, 0.2) is 23.3 Å². The Morgan fingerprint density at radius 3 is 1.62 bits per heavy atom. The van der Waals surface area contributed by atoms with Gasteiger partial charge in [-0.05, 0) is 0 Å². The van der Waals surface area contributed by atoms with E-state index in [1.54, 1.807) is 0 Å². The third-order valence-corrected chi connectivity index (χ3v) is 2.30. The van der Waals surface area contributed by atoms with E-state index in [1.165, 1.54) is 14.1 Å². The molecule has 0 atom stereocenters. The van der Waals surface area contributed by atoms with Crippen LogP contribution in [0, 0.1) is 29.1 Å². The topological polar surface area (TPSA) is 57.6 Å². The van der Waals surface area contributed by atoms with E-state index in [4.69, 9.17) is 5.11 Å². The minimum atomic E-state index is -2.44. The van der Waals surface area contributed by atoms with Gasteiger partial charge in [-0.3, -0.25) is 4.79 Å². The van der Waals surface area contributed by atoms with E-state index in [9.17, 15) is 31.5 Å². The van der Waals surface area contributed by atoms with E-state index in [0.717, 1.165) is 4.90 Å². The highest BCUT2D eigenvalue weighted by molar-refractivity contribution is 6.23. The minimum absolute atomic E-state index is 0.683. The van der Waals surface area contributed by atoms with Crippen LogP contribution in [-0.2, 0) is 4.79 Å². The number of ketones is 1. The van der Waals surface area contributed by atoms with Gasteiger partial charge in [0.05, 0.1) is 0 Å². The van der Waals surface area contributed by atoms with Gasteiger partial charge in [0.2, 0.25) is 11.6 Å². The highest BCUT2D eigenvalue weighted by Gasteiger charge is 2.33. The number of carbonyl (C=O) groups excluding carboxylic acids is 1. The molecule has 114 valence electrons. The molecule has 9 heteroatoms. The van der Waals surface area contributed by atoms with Crippen molar-refractivity contribution in [2.75, 3.05) is 14.1 Å². The van der Waals surface area contributed by atoms with Gasteiger partial charge in [0, 0.05) is 20.3 Å². The van der Waals surface area contributed by atoms with E-state index in [1.807, 2.05) is 0 Å². The van der Waals surface area contributed by atoms with E-state index < -0.39 is 52.0 Å². The number of hydrogen-bond donors (Lipinski definition) is 1. The van der Waals surface area contributed by atoms with E-state index in [0.29, 0.717) is 6.20 Å². The lowest BCUT2D eigenvalue weighted by Gasteiger charge is -2.10. The molecule has 0 bridgehead atoms. The predicted octanol–water partition coefficient (Wildman–Crippen LogP) is 2.09. The molecular formula is C12H8F5NO3. The van der Waals surface area contributed by atoms with Crippen LogP contribution in [0.1, 0.15) is 10.4 Å². The normalized spacial score (nSPS) is 11.5. The zero-order chi connectivity index (χ0) is 16.5. The number of carboxylic acids is 1. The van der Waals surface area contributed by atoms with Crippen LogP contribution >= 0.6 is 0 Å². The molecule has 0 aromatic heterocycles. The van der Waals surface area contributed by atoms with Crippen LogP contribution in [0.15, 0.2) is 11.8 Å². The van der Waals surface area contributed by atoms with Crippen molar-refractivity contribution in [3.05, 3.63) is 46.4 Å². The second-order valence-corrected chi connectivity index (χ2v) is 4.09. The molecule has 0 amide bonds. The Balaban J connectivity index is 3.61. The van der Waals surface area contributed by atoms with Crippen molar-refractivity contribution in [2.24, 2.45) is 0 Å². The van der Waals surface area contributed by atoms with E-state index in [-0.39, 0.29) is 0 Å². The summed E-state index contributed by atoms with van der Waals surface area (Å²) in [6, 6.07) is 0. The maximum atomic E-state index is 13.4. The first kappa shape index (κ1) is 16.6. The van der Waals surface area contributed by atoms with Crippen molar-refractivity contribution >= 4 is 11.8 Å². The van der Waals surface area contributed by atoms with Gasteiger partial charge in [-0.25, -0.2) is 26.7 Å². The Morgan fingerprint density at radius 1 is 0.905 bits per heavy atom. The molecule has 1 N–H and O–H groups in total. The Kier molecular flexibility index (Phi) is 4.66. The number of halogens is 5. The van der Waals surface area contributed by atoms with E-state index in [2.05, 4.69) is 0 Å². The summed E-state index contributed by atoms with van der Waals surface area (Å²) in [6.07, 6.45) is 0.683. The molecule has 21 heavy (non-hydrogen) atoms. The van der Waals surface area contributed by atoms with Crippen molar-refractivity contribution in [1.82, 2.24) is 4.90 Å². The Hall–Kier alpha value is -2.45. The summed E-state index contributed by atoms with van der Waals surface area (Å²) in [6.45, 7) is 0. The van der Waals surface area contributed by atoms with Gasteiger partial charge in [-0.1, -0.05) is 0 Å². The number of carbonyl (C=O) groups is 2. The highest BCUT2D eigenvalue weighted by Crippen LogP contribution is 2.25. The lowest BCUT2D eigenvalue weighted by molar-refractivity contribution is -0.132. The van der Waals surface area contributed by atoms with Crippen molar-refractivity contribution < 1.29 is 36.6 Å². The number of benzene rings is 1. The average Bonchev–Trinajstić information content (AvgIpc) is 2.39. The molecule has 0 fully saturated rings. The average molecular weight is 309 g/mol. The molecular weight excluding hydrogens is 301 g/mol. The van der Waals surface area contributed by atoms with Crippen LogP contribution < -0.4 is 0 Å². The summed E-state index contributed by atoms with van der Waals surface area (Å²) < 4.78 is 65.7. The van der Waals surface area contributed by atoms with Crippen molar-refractivity contribution in [3.63, 3.8) is 0 Å². The first-order chi connectivity index (χ1) is 9.59. The molecule has 1 rings (SSSR count). The highest BCUT2D eigenvalue weighted by atomic mass is 19.2. The summed E-state index contributed by atoms with van der Waals surface area (Å²) in [7, 11) is 2.60. The molecule has 0 saturated carbocycles. The second-order valence-electron chi connectivity index (χ2n) is 4.09. The smallest absolute Gasteiger partial charge is 0.341 e. The first-order valence-corrected chi connectivity index (χ1v) is 5.27. The number of hydrogen-bond acceptors (Lipinski definition) is 3. The largest absolute Gasteiger partial charge is 0.477 e. The molecule has 0 saturated heterocycles. The van der Waals surface area contributed by atoms with Crippen molar-refractivity contribution in [2.45, 2.75) is 0 Å². The maximum absolute atomic E-state index is 13.4. The third-order valence-electron chi connectivity index (χ3n) is 2.30. The standard InChI is InChI=1S/C12H8F5NO3/c1-18(2)3-4(12(20)21)11(19)5-6(13)8(15)10(17)9(16)7(5)14/h3H,1-2H3,(H,20,21). The van der Waals surface area contributed by atoms with Crippen LogP contribution in [0.5, 0.6) is 0 Å². The van der Waals surface area contributed by atoms with Crippen LogP contribution in [0.4, 0.5) is 22.0 Å². The Morgan fingerprint density at radius 2 is 1.29 bits per heavy atom. The lowest BCUT2D eigenvalue weighted by atomic mass is 10.0. The molecule has 0 heterocycles. The Bertz CT molecular complexity index is 626. The maximum Gasteiger partial charge on any atom is 0.341 e. The molecule has 0 aliphatic rings. The van der Waals surface area contributed by atoms with Gasteiger partial charge >= 0.3 is 5.97 Å². The van der Waals surface area contributed by atoms with Gasteiger partial charge in [0.25, 0.3) is 0 Å². The second kappa shape index (κ2) is 5.90. The number of aliphatic carboxylic acids is 1. The molecule has 0 radical (unpaired) electrons. The third kappa shape index (κ3) is 3.01. The number of carboxylic acid groups (broad SMARTS) is 1. The number of rotatable bonds is 4. The molecule has 0 spiro atoms. The predicted molar refractivity (Wildman–Crippen MR) is 60.0 cm³/mol. The minimum Gasteiger partial charge on any atom is -0.477 e. The van der Waals surface area contributed by atoms with Crippen LogP contribution in [0.25, 0.3) is 0 Å². The summed E-state index contributed by atoms with van der Waals surface area (Å²) in [5.41, 5.74) is -2.97. The fourth-order valence-electron chi connectivity index (χ4n) is 1.41. The molecule has 0 unspecified atom stereocenters. The van der Waals surface area contributed by atoms with Crippen molar-refractivity contribution in [1.29, 1.82) is 0 Å². The summed E-state index contributed by atoms with van der Waals surface area (Å²) in [5.74, 6) is -15.6. The summed E-state index contributed by atoms with van der Waals surface area (Å²) >= 11 is 0. The molecule has 0 aliphatic carbocycles. The molecule has 1 aromatic carbocycles. The molecule has 4 nitrogen and oxygen atoms in total. The number of Topliss-reactive ketones (excluding diaryl/α,β-unsaturated/α-hetero) is 1. The first-order valence-electron chi connectivity index (χ1n) is 5.27. The zero-order valence-electron chi connectivity index (χ0n) is 10.7. The number of nitrogens with zero attached hydrogens (tertiary/aromatic N) is 1. The van der Waals surface area contributed by atoms with Gasteiger partial charge in [-0.15, -0.1) is 0 Å². The SMILES string of the molecule is CN(C)C=C(C(=O)O)C(=O)c1c(F)c(F)c(F)c(F)c1F. The van der Waals surface area contributed by atoms with Crippen molar-refractivity contribution in [3.8, 4) is 0 Å². The Labute approximate surface area is 115 Å². The van der Waals surface area contributed by atoms with Gasteiger partial charge in [0.1, 0.15) is 11.1 Å². The van der Waals surface area contributed by atoms with Crippen LogP contribution in [0.3, 0.4) is 0 Å². The van der Waals surface area contributed by atoms with Gasteiger partial charge < -0.3 is 10.0 Å². The van der Waals surface area contributed by atoms with Gasteiger partial charge in [-0.2, -0.15) is 0 Å². The zero-order valence-corrected chi connectivity index (χ0v) is 10.7. The fourth-order valence-corrected chi connectivity index (χ4v) is 1.41.